The predicted molar refractivity (Wildman–Crippen MR) is 38.0 cm³/mol. The third kappa shape index (κ3) is 3.09. The molecule has 0 amide bonds. The van der Waals surface area contributed by atoms with Crippen LogP contribution < -0.4 is 0 Å². The first-order chi connectivity index (χ1) is 4.36. The van der Waals surface area contributed by atoms with Gasteiger partial charge in [0.1, 0.15) is 14.1 Å². The molecule has 0 aromatic rings. The van der Waals surface area contributed by atoms with E-state index in [9.17, 15) is 5.21 Å². The highest BCUT2D eigenvalue weighted by atomic mass is 17.0. The number of hydrogen-bond donors (Lipinski definition) is 0. The van der Waals surface area contributed by atoms with Crippen molar-refractivity contribution in [2.45, 2.75) is 0 Å². The van der Waals surface area contributed by atoms with Crippen molar-refractivity contribution in [1.29, 1.82) is 0 Å². The van der Waals surface area contributed by atoms with Crippen LogP contribution in [0.5, 0.6) is 0 Å². The van der Waals surface area contributed by atoms with Crippen LogP contribution in [0, 0.1) is 5.21 Å². The SMILES string of the molecule is CN([O-])O[N+](C)(C)N(C)C. The fraction of sp³-hybridized carbons (Fsp3) is 1.00. The summed E-state index contributed by atoms with van der Waals surface area (Å²) in [5, 5.41) is 12.6. The van der Waals surface area contributed by atoms with Crippen molar-refractivity contribution < 1.29 is 9.69 Å². The molecule has 0 aliphatic carbocycles. The maximum atomic E-state index is 10.4. The van der Waals surface area contributed by atoms with E-state index in [0.717, 1.165) is 0 Å². The van der Waals surface area contributed by atoms with Crippen molar-refractivity contribution >= 4 is 0 Å². The summed E-state index contributed by atoms with van der Waals surface area (Å²) in [6, 6.07) is 0. The Bertz CT molecular complexity index is 103. The molecule has 10 heavy (non-hydrogen) atoms. The van der Waals surface area contributed by atoms with Crippen LogP contribution in [0.3, 0.4) is 0 Å². The fourth-order valence-electron chi connectivity index (χ4n) is 0.354. The van der Waals surface area contributed by atoms with E-state index < -0.39 is 0 Å². The summed E-state index contributed by atoms with van der Waals surface area (Å²) < 4.78 is 0.0833. The molecule has 5 nitrogen and oxygen atoms in total. The van der Waals surface area contributed by atoms with Crippen LogP contribution in [0.1, 0.15) is 0 Å². The summed E-state index contributed by atoms with van der Waals surface area (Å²) in [6.45, 7) is 0. The normalized spacial score (nSPS) is 13.2. The molecule has 0 rings (SSSR count). The van der Waals surface area contributed by atoms with Gasteiger partial charge in [-0.1, -0.05) is 9.69 Å². The molecular weight excluding hydrogens is 134 g/mol. The van der Waals surface area contributed by atoms with Gasteiger partial charge in [-0.2, -0.15) is 0 Å². The zero-order valence-electron chi connectivity index (χ0n) is 7.16. The number of hydrogen-bond acceptors (Lipinski definition) is 4. The third-order valence-electron chi connectivity index (χ3n) is 1.28. The molecule has 0 N–H and O–H groups in total. The van der Waals surface area contributed by atoms with Crippen LogP contribution >= 0.6 is 0 Å². The monoisotopic (exact) mass is 149 g/mol. The van der Waals surface area contributed by atoms with Gasteiger partial charge in [-0.25, -0.2) is 5.23 Å². The Morgan fingerprint density at radius 1 is 1.20 bits per heavy atom. The first-order valence-corrected chi connectivity index (χ1v) is 2.98. The van der Waals surface area contributed by atoms with Gasteiger partial charge in [0.15, 0.2) is 0 Å². The van der Waals surface area contributed by atoms with Crippen molar-refractivity contribution in [3.05, 3.63) is 5.21 Å². The summed E-state index contributed by atoms with van der Waals surface area (Å²) in [4.78, 5) is 4.84. The highest BCUT2D eigenvalue weighted by Crippen LogP contribution is 2.01. The first-order valence-electron chi connectivity index (χ1n) is 2.98. The van der Waals surface area contributed by atoms with E-state index >= 15 is 0 Å². The number of quaternary nitrogens is 1. The Kier molecular flexibility index (Phi) is 3.20. The average molecular weight is 149 g/mol. The lowest BCUT2D eigenvalue weighted by molar-refractivity contribution is -1.18. The number of hydroxylamine groups is 4. The number of rotatable bonds is 3. The third-order valence-corrected chi connectivity index (χ3v) is 1.28. The van der Waals surface area contributed by atoms with Crippen LogP contribution in [0.4, 0.5) is 0 Å². The maximum absolute atomic E-state index is 10.4. The molecular formula is C5H15N3O2. The van der Waals surface area contributed by atoms with Gasteiger partial charge in [-0.3, -0.25) is 0 Å². The van der Waals surface area contributed by atoms with E-state index in [4.69, 9.17) is 4.94 Å². The fourth-order valence-corrected chi connectivity index (χ4v) is 0.354. The zero-order chi connectivity index (χ0) is 8.36. The summed E-state index contributed by atoms with van der Waals surface area (Å²) in [7, 11) is 8.47. The molecule has 0 radical (unpaired) electrons. The maximum Gasteiger partial charge on any atom is 0.120 e. The van der Waals surface area contributed by atoms with Gasteiger partial charge >= 0.3 is 0 Å². The second kappa shape index (κ2) is 3.27. The van der Waals surface area contributed by atoms with E-state index in [-0.39, 0.29) is 4.76 Å². The van der Waals surface area contributed by atoms with Crippen molar-refractivity contribution in [2.75, 3.05) is 35.2 Å². The summed E-state index contributed by atoms with van der Waals surface area (Å²) >= 11 is 0. The molecule has 0 aromatic carbocycles. The molecule has 0 unspecified atom stereocenters. The van der Waals surface area contributed by atoms with Crippen LogP contribution in [0.25, 0.3) is 0 Å². The minimum absolute atomic E-state index is 0.0833. The molecule has 0 aliphatic heterocycles. The Labute approximate surface area is 61.4 Å². The van der Waals surface area contributed by atoms with Gasteiger partial charge in [-0.15, -0.1) is 5.01 Å². The van der Waals surface area contributed by atoms with Crippen LogP contribution in [-0.2, 0) is 4.94 Å². The van der Waals surface area contributed by atoms with Gasteiger partial charge in [-0.05, 0) is 0 Å². The van der Waals surface area contributed by atoms with Gasteiger partial charge in [0, 0.05) is 21.1 Å². The topological polar surface area (TPSA) is 38.8 Å². The molecule has 0 aromatic heterocycles. The molecule has 0 spiro atoms. The van der Waals surface area contributed by atoms with Crippen LogP contribution in [0.2, 0.25) is 0 Å². The Morgan fingerprint density at radius 2 is 1.60 bits per heavy atom. The standard InChI is InChI=1S/C5H15N3O2/c1-6(2)8(4,5)10-7(3)9/h1-5H3. The predicted octanol–water partition coefficient (Wildman–Crippen LogP) is -0.184. The van der Waals surface area contributed by atoms with Crippen molar-refractivity contribution in [3.63, 3.8) is 0 Å². The van der Waals surface area contributed by atoms with Gasteiger partial charge < -0.3 is 5.21 Å². The van der Waals surface area contributed by atoms with E-state index in [0.29, 0.717) is 5.23 Å². The molecule has 0 aliphatic rings. The Hall–Kier alpha value is -0.200. The zero-order valence-corrected chi connectivity index (χ0v) is 7.16. The lowest BCUT2D eigenvalue weighted by atomic mass is 11.0. The lowest BCUT2D eigenvalue weighted by Gasteiger charge is -2.36. The molecule has 0 fully saturated rings. The highest BCUT2D eigenvalue weighted by molar-refractivity contribution is 4.19. The minimum Gasteiger partial charge on any atom is -0.758 e. The molecule has 0 heterocycles. The lowest BCUT2D eigenvalue weighted by Crippen LogP contribution is -2.52. The summed E-state index contributed by atoms with van der Waals surface area (Å²) in [5.74, 6) is 0. The molecule has 62 valence electrons. The minimum atomic E-state index is 0.0833. The molecule has 0 saturated heterocycles. The summed E-state index contributed by atoms with van der Waals surface area (Å²) in [5.41, 5.74) is 0. The smallest absolute Gasteiger partial charge is 0.120 e. The molecule has 0 atom stereocenters. The van der Waals surface area contributed by atoms with E-state index in [2.05, 4.69) is 0 Å². The first kappa shape index (κ1) is 9.80. The van der Waals surface area contributed by atoms with Gasteiger partial charge in [0.05, 0.1) is 0 Å². The average Bonchev–Trinajstić information content (AvgIpc) is 1.60. The van der Waals surface area contributed by atoms with E-state index in [1.54, 1.807) is 19.1 Å². The summed E-state index contributed by atoms with van der Waals surface area (Å²) in [6.07, 6.45) is 0. The van der Waals surface area contributed by atoms with Crippen molar-refractivity contribution in [1.82, 2.24) is 10.2 Å². The molecule has 0 saturated carbocycles. The van der Waals surface area contributed by atoms with Crippen LogP contribution in [0.15, 0.2) is 0 Å². The second-order valence-electron chi connectivity index (χ2n) is 2.66. The van der Waals surface area contributed by atoms with E-state index in [1.807, 2.05) is 14.1 Å². The largest absolute Gasteiger partial charge is 0.758 e. The highest BCUT2D eigenvalue weighted by Gasteiger charge is 2.20. The Morgan fingerprint density at radius 3 is 1.70 bits per heavy atom. The van der Waals surface area contributed by atoms with Crippen LogP contribution in [-0.4, -0.2) is 50.2 Å². The van der Waals surface area contributed by atoms with Gasteiger partial charge in [0.25, 0.3) is 0 Å². The molecule has 0 bridgehead atoms. The van der Waals surface area contributed by atoms with Crippen molar-refractivity contribution in [3.8, 4) is 0 Å². The Balaban J connectivity index is 3.87. The quantitative estimate of drug-likeness (QED) is 0.412. The number of nitrogens with zero attached hydrogens (tertiary/aromatic N) is 3. The van der Waals surface area contributed by atoms with Gasteiger partial charge in [0.2, 0.25) is 0 Å². The second-order valence-corrected chi connectivity index (χ2v) is 2.66. The van der Waals surface area contributed by atoms with E-state index in [1.165, 1.54) is 7.05 Å². The van der Waals surface area contributed by atoms with Crippen molar-refractivity contribution in [2.24, 2.45) is 0 Å². The molecule has 5 heteroatoms.